The molecule has 118 valence electrons. The van der Waals surface area contributed by atoms with Gasteiger partial charge < -0.3 is 9.30 Å². The van der Waals surface area contributed by atoms with E-state index in [2.05, 4.69) is 27.4 Å². The molecule has 5 heteroatoms. The van der Waals surface area contributed by atoms with Crippen molar-refractivity contribution in [1.82, 2.24) is 14.5 Å². The van der Waals surface area contributed by atoms with Gasteiger partial charge in [0.15, 0.2) is 5.65 Å². The van der Waals surface area contributed by atoms with Crippen molar-refractivity contribution in [3.8, 4) is 0 Å². The van der Waals surface area contributed by atoms with Gasteiger partial charge in [0.1, 0.15) is 11.3 Å². The number of hydrogen-bond donors (Lipinski definition) is 0. The SMILES string of the molecule is c1cnc2c(c1)nc(CC1CCCCS1)n2CC1CCCO1. The van der Waals surface area contributed by atoms with Crippen LogP contribution in [0.2, 0.25) is 0 Å². The Hall–Kier alpha value is -1.07. The first-order valence-corrected chi connectivity index (χ1v) is 9.48. The average molecular weight is 317 g/mol. The molecule has 4 rings (SSSR count). The predicted octanol–water partition coefficient (Wildman–Crippen LogP) is 3.44. The molecule has 2 fully saturated rings. The van der Waals surface area contributed by atoms with Crippen molar-refractivity contribution in [2.75, 3.05) is 12.4 Å². The molecule has 0 aromatic carbocycles. The highest BCUT2D eigenvalue weighted by atomic mass is 32.2. The molecule has 0 amide bonds. The van der Waals surface area contributed by atoms with E-state index < -0.39 is 0 Å². The van der Waals surface area contributed by atoms with Crippen molar-refractivity contribution in [2.45, 2.75) is 56.4 Å². The van der Waals surface area contributed by atoms with Crippen LogP contribution in [0.3, 0.4) is 0 Å². The third-order valence-electron chi connectivity index (χ3n) is 4.68. The van der Waals surface area contributed by atoms with E-state index in [1.165, 1.54) is 37.3 Å². The third-order valence-corrected chi connectivity index (χ3v) is 6.08. The van der Waals surface area contributed by atoms with Crippen LogP contribution >= 0.6 is 11.8 Å². The zero-order chi connectivity index (χ0) is 14.8. The Kier molecular flexibility index (Phi) is 4.35. The van der Waals surface area contributed by atoms with Crippen LogP contribution < -0.4 is 0 Å². The maximum Gasteiger partial charge on any atom is 0.160 e. The Morgan fingerprint density at radius 1 is 1.27 bits per heavy atom. The first-order valence-electron chi connectivity index (χ1n) is 8.43. The molecule has 4 nitrogen and oxygen atoms in total. The minimum absolute atomic E-state index is 0.331. The Morgan fingerprint density at radius 2 is 2.27 bits per heavy atom. The number of rotatable bonds is 4. The van der Waals surface area contributed by atoms with Crippen LogP contribution in [0.1, 0.15) is 37.9 Å². The summed E-state index contributed by atoms with van der Waals surface area (Å²) in [7, 11) is 0. The Balaban J connectivity index is 1.62. The van der Waals surface area contributed by atoms with E-state index in [4.69, 9.17) is 9.72 Å². The maximum absolute atomic E-state index is 5.84. The van der Waals surface area contributed by atoms with Gasteiger partial charge in [0.05, 0.1) is 12.6 Å². The van der Waals surface area contributed by atoms with Crippen molar-refractivity contribution in [1.29, 1.82) is 0 Å². The van der Waals surface area contributed by atoms with Crippen molar-refractivity contribution >= 4 is 22.9 Å². The zero-order valence-electron chi connectivity index (χ0n) is 12.9. The highest BCUT2D eigenvalue weighted by Crippen LogP contribution is 2.29. The van der Waals surface area contributed by atoms with E-state index in [9.17, 15) is 0 Å². The summed E-state index contributed by atoms with van der Waals surface area (Å²) in [5, 5.41) is 0.716. The van der Waals surface area contributed by atoms with Gasteiger partial charge in [0.25, 0.3) is 0 Å². The lowest BCUT2D eigenvalue weighted by atomic mass is 10.1. The summed E-state index contributed by atoms with van der Waals surface area (Å²) in [4.78, 5) is 9.46. The molecular formula is C17H23N3OS. The van der Waals surface area contributed by atoms with Gasteiger partial charge in [-0.1, -0.05) is 6.42 Å². The minimum Gasteiger partial charge on any atom is -0.376 e. The average Bonchev–Trinajstić information content (AvgIpc) is 3.18. The zero-order valence-corrected chi connectivity index (χ0v) is 13.7. The van der Waals surface area contributed by atoms with Gasteiger partial charge >= 0.3 is 0 Å². The van der Waals surface area contributed by atoms with E-state index in [0.29, 0.717) is 11.4 Å². The molecule has 2 aromatic rings. The van der Waals surface area contributed by atoms with Gasteiger partial charge in [0, 0.05) is 24.5 Å². The number of pyridine rings is 1. The molecule has 22 heavy (non-hydrogen) atoms. The summed E-state index contributed by atoms with van der Waals surface area (Å²) in [6.45, 7) is 1.80. The van der Waals surface area contributed by atoms with E-state index in [-0.39, 0.29) is 0 Å². The summed E-state index contributed by atoms with van der Waals surface area (Å²) >= 11 is 2.11. The molecule has 2 aliphatic rings. The quantitative estimate of drug-likeness (QED) is 0.866. The standard InChI is InChI=1S/C17H23N3OS/c1-2-10-22-14(6-1)11-16-19-15-7-3-8-18-17(15)20(16)12-13-5-4-9-21-13/h3,7-8,13-14H,1-2,4-6,9-12H2. The number of nitrogens with zero attached hydrogens (tertiary/aromatic N) is 3. The second kappa shape index (κ2) is 6.59. The Morgan fingerprint density at radius 3 is 3.09 bits per heavy atom. The number of thioether (sulfide) groups is 1. The molecule has 0 N–H and O–H groups in total. The summed E-state index contributed by atoms with van der Waals surface area (Å²) in [6, 6.07) is 4.05. The van der Waals surface area contributed by atoms with E-state index in [1.807, 2.05) is 12.3 Å². The predicted molar refractivity (Wildman–Crippen MR) is 90.3 cm³/mol. The molecule has 0 radical (unpaired) electrons. The number of hydrogen-bond acceptors (Lipinski definition) is 4. The van der Waals surface area contributed by atoms with Crippen LogP contribution in [0.5, 0.6) is 0 Å². The topological polar surface area (TPSA) is 39.9 Å². The second-order valence-electron chi connectivity index (χ2n) is 6.31. The molecule has 2 unspecified atom stereocenters. The molecule has 4 heterocycles. The summed E-state index contributed by atoms with van der Waals surface area (Å²) in [6.07, 6.45) is 9.65. The number of fused-ring (bicyclic) bond motifs is 1. The Labute approximate surface area is 135 Å². The van der Waals surface area contributed by atoms with E-state index in [0.717, 1.165) is 37.2 Å². The Bertz CT molecular complexity index is 630. The molecule has 2 aromatic heterocycles. The highest BCUT2D eigenvalue weighted by molar-refractivity contribution is 7.99. The molecule has 2 saturated heterocycles. The summed E-state index contributed by atoms with van der Waals surface area (Å²) in [5.41, 5.74) is 2.05. The second-order valence-corrected chi connectivity index (χ2v) is 7.72. The lowest BCUT2D eigenvalue weighted by molar-refractivity contribution is 0.0971. The molecular weight excluding hydrogens is 294 g/mol. The minimum atomic E-state index is 0.331. The van der Waals surface area contributed by atoms with Gasteiger partial charge in [-0.2, -0.15) is 11.8 Å². The molecule has 0 spiro atoms. The fourth-order valence-corrected chi connectivity index (χ4v) is 4.82. The van der Waals surface area contributed by atoms with Crippen LogP contribution in [0, 0.1) is 0 Å². The van der Waals surface area contributed by atoms with E-state index in [1.54, 1.807) is 0 Å². The fourth-order valence-electron chi connectivity index (χ4n) is 3.52. The van der Waals surface area contributed by atoms with Gasteiger partial charge in [-0.15, -0.1) is 0 Å². The number of aromatic nitrogens is 3. The van der Waals surface area contributed by atoms with Gasteiger partial charge in [-0.05, 0) is 43.6 Å². The molecule has 0 bridgehead atoms. The largest absolute Gasteiger partial charge is 0.376 e. The third kappa shape index (κ3) is 3.01. The maximum atomic E-state index is 5.84. The number of ether oxygens (including phenoxy) is 1. The molecule has 0 aliphatic carbocycles. The van der Waals surface area contributed by atoms with Crippen LogP contribution in [0.15, 0.2) is 18.3 Å². The highest BCUT2D eigenvalue weighted by Gasteiger charge is 2.23. The first-order chi connectivity index (χ1) is 10.9. The van der Waals surface area contributed by atoms with Crippen LogP contribution in [-0.4, -0.2) is 38.2 Å². The van der Waals surface area contributed by atoms with E-state index >= 15 is 0 Å². The van der Waals surface area contributed by atoms with Crippen molar-refractivity contribution in [2.24, 2.45) is 0 Å². The monoisotopic (exact) mass is 317 g/mol. The van der Waals surface area contributed by atoms with Gasteiger partial charge in [0.2, 0.25) is 0 Å². The molecule has 2 aliphatic heterocycles. The first kappa shape index (κ1) is 14.5. The lowest BCUT2D eigenvalue weighted by Gasteiger charge is -2.21. The van der Waals surface area contributed by atoms with Gasteiger partial charge in [-0.3, -0.25) is 0 Å². The van der Waals surface area contributed by atoms with Crippen molar-refractivity contribution in [3.05, 3.63) is 24.2 Å². The smallest absolute Gasteiger partial charge is 0.160 e. The van der Waals surface area contributed by atoms with Crippen molar-refractivity contribution < 1.29 is 4.74 Å². The van der Waals surface area contributed by atoms with Crippen molar-refractivity contribution in [3.63, 3.8) is 0 Å². The lowest BCUT2D eigenvalue weighted by Crippen LogP contribution is -2.20. The molecule has 0 saturated carbocycles. The van der Waals surface area contributed by atoms with Crippen LogP contribution in [0.25, 0.3) is 11.2 Å². The fraction of sp³-hybridized carbons (Fsp3) is 0.647. The number of imidazole rings is 1. The summed E-state index contributed by atoms with van der Waals surface area (Å²) in [5.74, 6) is 2.50. The molecule has 2 atom stereocenters. The summed E-state index contributed by atoms with van der Waals surface area (Å²) < 4.78 is 8.16. The normalized spacial score (nSPS) is 25.8. The van der Waals surface area contributed by atoms with Crippen LogP contribution in [0.4, 0.5) is 0 Å². The van der Waals surface area contributed by atoms with Gasteiger partial charge in [-0.25, -0.2) is 9.97 Å². The van der Waals surface area contributed by atoms with Crippen LogP contribution in [-0.2, 0) is 17.7 Å².